The van der Waals surface area contributed by atoms with Crippen LogP contribution in [0.3, 0.4) is 0 Å². The Kier molecular flexibility index (Phi) is 6.00. The number of ether oxygens (including phenoxy) is 1. The topological polar surface area (TPSA) is 58.6 Å². The summed E-state index contributed by atoms with van der Waals surface area (Å²) in [6.45, 7) is 7.73. The zero-order valence-corrected chi connectivity index (χ0v) is 20.0. The zero-order chi connectivity index (χ0) is 23.9. The van der Waals surface area contributed by atoms with Crippen LogP contribution in [0.1, 0.15) is 27.8 Å². The van der Waals surface area contributed by atoms with Crippen molar-refractivity contribution in [2.45, 2.75) is 27.7 Å². The van der Waals surface area contributed by atoms with Crippen molar-refractivity contribution < 1.29 is 14.3 Å². The molecule has 0 aromatic heterocycles. The summed E-state index contributed by atoms with van der Waals surface area (Å²) in [5.74, 6) is -0.385. The summed E-state index contributed by atoms with van der Waals surface area (Å²) in [5.41, 5.74) is 6.15. The van der Waals surface area contributed by atoms with Crippen LogP contribution in [-0.2, 0) is 9.59 Å². The Hall–Kier alpha value is -3.57. The lowest BCUT2D eigenvalue weighted by Gasteiger charge is -2.19. The molecule has 0 saturated carbocycles. The van der Waals surface area contributed by atoms with Crippen molar-refractivity contribution in [3.63, 3.8) is 0 Å². The van der Waals surface area contributed by atoms with Gasteiger partial charge >= 0.3 is 0 Å². The Morgan fingerprint density at radius 3 is 2.18 bits per heavy atom. The number of nitrogens with one attached hydrogen (secondary N) is 1. The summed E-state index contributed by atoms with van der Waals surface area (Å²) in [7, 11) is 1.52. The highest BCUT2D eigenvalue weighted by atomic mass is 35.5. The van der Waals surface area contributed by atoms with Gasteiger partial charge in [-0.1, -0.05) is 41.4 Å². The van der Waals surface area contributed by atoms with Crippen molar-refractivity contribution in [1.82, 2.24) is 0 Å². The summed E-state index contributed by atoms with van der Waals surface area (Å²) < 4.78 is 5.48. The van der Waals surface area contributed by atoms with Gasteiger partial charge in [0.2, 0.25) is 0 Å². The quantitative estimate of drug-likeness (QED) is 0.476. The molecule has 0 radical (unpaired) electrons. The number of carbonyl (C=O) groups excluding carboxylic acids is 2. The Balaban J connectivity index is 1.91. The third-order valence-corrected chi connectivity index (χ3v) is 5.99. The fourth-order valence-electron chi connectivity index (χ4n) is 4.09. The molecule has 33 heavy (non-hydrogen) atoms. The van der Waals surface area contributed by atoms with E-state index in [1.54, 1.807) is 24.3 Å². The highest BCUT2D eigenvalue weighted by molar-refractivity contribution is 6.46. The summed E-state index contributed by atoms with van der Waals surface area (Å²) in [4.78, 5) is 28.7. The van der Waals surface area contributed by atoms with E-state index in [9.17, 15) is 9.59 Å². The van der Waals surface area contributed by atoms with Crippen LogP contribution in [0.5, 0.6) is 5.75 Å². The Bertz CT molecular complexity index is 1330. The summed E-state index contributed by atoms with van der Waals surface area (Å²) in [5, 5.41) is 3.83. The first-order valence-corrected chi connectivity index (χ1v) is 11.0. The molecule has 1 N–H and O–H groups in total. The van der Waals surface area contributed by atoms with Crippen LogP contribution in [0, 0.1) is 27.7 Å². The van der Waals surface area contributed by atoms with Crippen molar-refractivity contribution in [2.75, 3.05) is 17.3 Å². The normalized spacial score (nSPS) is 13.7. The minimum Gasteiger partial charge on any atom is -0.495 e. The molecule has 0 saturated heterocycles. The first kappa shape index (κ1) is 22.6. The fourth-order valence-corrected chi connectivity index (χ4v) is 4.31. The first-order valence-electron chi connectivity index (χ1n) is 10.6. The van der Waals surface area contributed by atoms with Crippen LogP contribution in [0.2, 0.25) is 5.02 Å². The van der Waals surface area contributed by atoms with Gasteiger partial charge in [0.25, 0.3) is 11.8 Å². The maximum absolute atomic E-state index is 13.8. The number of halogens is 1. The predicted molar refractivity (Wildman–Crippen MR) is 133 cm³/mol. The van der Waals surface area contributed by atoms with Gasteiger partial charge in [0, 0.05) is 10.7 Å². The molecular formula is C27H25ClN2O3. The Morgan fingerprint density at radius 2 is 1.52 bits per heavy atom. The number of amides is 2. The van der Waals surface area contributed by atoms with Crippen LogP contribution in [0.25, 0.3) is 5.57 Å². The number of carbonyl (C=O) groups is 2. The number of hydrogen-bond acceptors (Lipinski definition) is 4. The van der Waals surface area contributed by atoms with Gasteiger partial charge in [0.05, 0.1) is 18.4 Å². The van der Waals surface area contributed by atoms with E-state index in [4.69, 9.17) is 16.3 Å². The fraction of sp³-hybridized carbons (Fsp3) is 0.185. The molecule has 0 atom stereocenters. The summed E-state index contributed by atoms with van der Waals surface area (Å²) in [6, 6.07) is 16.6. The standard InChI is InChI=1S/C27H25ClN2O3/c1-15-6-9-20(17(3)12-15)24-25(29-21-10-8-19(28)14-18(21)4)27(32)30(26(24)31)22-13-16(2)7-11-23(22)33-5/h6-14,29H,1-5H3. The van der Waals surface area contributed by atoms with E-state index in [-0.39, 0.29) is 5.70 Å². The lowest BCUT2D eigenvalue weighted by molar-refractivity contribution is -0.120. The molecule has 6 heteroatoms. The first-order chi connectivity index (χ1) is 15.7. The number of imide groups is 1. The molecule has 0 aliphatic carbocycles. The van der Waals surface area contributed by atoms with Crippen LogP contribution in [0.15, 0.2) is 60.3 Å². The summed E-state index contributed by atoms with van der Waals surface area (Å²) >= 11 is 6.11. The molecular weight excluding hydrogens is 436 g/mol. The van der Waals surface area contributed by atoms with E-state index < -0.39 is 11.8 Å². The van der Waals surface area contributed by atoms with E-state index in [0.717, 1.165) is 22.3 Å². The molecule has 1 aliphatic rings. The maximum Gasteiger partial charge on any atom is 0.282 e. The van der Waals surface area contributed by atoms with Crippen LogP contribution in [0.4, 0.5) is 11.4 Å². The third kappa shape index (κ3) is 4.12. The lowest BCUT2D eigenvalue weighted by atomic mass is 9.97. The zero-order valence-electron chi connectivity index (χ0n) is 19.2. The molecule has 1 aliphatic heterocycles. The molecule has 3 aromatic carbocycles. The smallest absolute Gasteiger partial charge is 0.282 e. The Labute approximate surface area is 198 Å². The monoisotopic (exact) mass is 460 g/mol. The van der Waals surface area contributed by atoms with Crippen molar-refractivity contribution in [3.8, 4) is 5.75 Å². The molecule has 4 rings (SSSR count). The van der Waals surface area contributed by atoms with Gasteiger partial charge in [-0.3, -0.25) is 9.59 Å². The molecule has 0 fully saturated rings. The average molecular weight is 461 g/mol. The Morgan fingerprint density at radius 1 is 0.818 bits per heavy atom. The number of nitrogens with zero attached hydrogens (tertiary/aromatic N) is 1. The van der Waals surface area contributed by atoms with Crippen LogP contribution >= 0.6 is 11.6 Å². The number of anilines is 2. The van der Waals surface area contributed by atoms with Crippen molar-refractivity contribution >= 4 is 40.4 Å². The molecule has 0 spiro atoms. The average Bonchev–Trinajstić information content (AvgIpc) is 2.99. The molecule has 0 bridgehead atoms. The van der Waals surface area contributed by atoms with Crippen LogP contribution in [-0.4, -0.2) is 18.9 Å². The second-order valence-corrected chi connectivity index (χ2v) is 8.71. The number of rotatable bonds is 5. The van der Waals surface area contributed by atoms with Crippen molar-refractivity contribution in [1.29, 1.82) is 0 Å². The molecule has 168 valence electrons. The largest absolute Gasteiger partial charge is 0.495 e. The highest BCUT2D eigenvalue weighted by Crippen LogP contribution is 2.39. The minimum absolute atomic E-state index is 0.223. The van der Waals surface area contributed by atoms with Crippen molar-refractivity contribution in [2.24, 2.45) is 0 Å². The van der Waals surface area contributed by atoms with Gasteiger partial charge in [-0.25, -0.2) is 4.90 Å². The van der Waals surface area contributed by atoms with E-state index >= 15 is 0 Å². The molecule has 1 heterocycles. The number of hydrogen-bond donors (Lipinski definition) is 1. The van der Waals surface area contributed by atoms with Crippen LogP contribution < -0.4 is 15.0 Å². The maximum atomic E-state index is 13.8. The van der Waals surface area contributed by atoms with Gasteiger partial charge in [0.1, 0.15) is 11.4 Å². The van der Waals surface area contributed by atoms with Gasteiger partial charge in [-0.2, -0.15) is 0 Å². The lowest BCUT2D eigenvalue weighted by Crippen LogP contribution is -2.32. The number of methoxy groups -OCH3 is 1. The predicted octanol–water partition coefficient (Wildman–Crippen LogP) is 5.98. The number of aryl methyl sites for hydroxylation is 4. The van der Waals surface area contributed by atoms with Crippen molar-refractivity contribution in [3.05, 3.63) is 93.1 Å². The molecule has 0 unspecified atom stereocenters. The van der Waals surface area contributed by atoms with E-state index in [1.165, 1.54) is 12.0 Å². The van der Waals surface area contributed by atoms with E-state index in [1.807, 2.05) is 58.0 Å². The second kappa shape index (κ2) is 8.75. The highest BCUT2D eigenvalue weighted by Gasteiger charge is 2.42. The summed E-state index contributed by atoms with van der Waals surface area (Å²) in [6.07, 6.45) is 0. The molecule has 2 amide bonds. The van der Waals surface area contributed by atoms with Gasteiger partial charge in [0.15, 0.2) is 0 Å². The van der Waals surface area contributed by atoms with E-state index in [0.29, 0.717) is 33.3 Å². The van der Waals surface area contributed by atoms with Gasteiger partial charge < -0.3 is 10.1 Å². The molecule has 5 nitrogen and oxygen atoms in total. The van der Waals surface area contributed by atoms with Gasteiger partial charge in [-0.05, 0) is 80.3 Å². The second-order valence-electron chi connectivity index (χ2n) is 8.27. The SMILES string of the molecule is COc1ccc(C)cc1N1C(=O)C(Nc2ccc(Cl)cc2C)=C(c2ccc(C)cc2C)C1=O. The van der Waals surface area contributed by atoms with Gasteiger partial charge in [-0.15, -0.1) is 0 Å². The third-order valence-electron chi connectivity index (χ3n) is 5.76. The number of benzene rings is 3. The van der Waals surface area contributed by atoms with E-state index in [2.05, 4.69) is 5.32 Å². The minimum atomic E-state index is -0.437. The molecule has 3 aromatic rings.